The van der Waals surface area contributed by atoms with Crippen LogP contribution in [-0.4, -0.2) is 37.4 Å². The maximum Gasteiger partial charge on any atom is 0.258 e. The van der Waals surface area contributed by atoms with E-state index in [2.05, 4.69) is 19.4 Å². The van der Waals surface area contributed by atoms with E-state index in [1.807, 2.05) is 26.4 Å². The highest BCUT2D eigenvalue weighted by Gasteiger charge is 2.06. The topological polar surface area (TPSA) is 55.4 Å². The van der Waals surface area contributed by atoms with Gasteiger partial charge in [-0.25, -0.2) is 9.97 Å². The van der Waals surface area contributed by atoms with Crippen molar-refractivity contribution in [2.45, 2.75) is 26.4 Å². The van der Waals surface area contributed by atoms with Crippen molar-refractivity contribution in [3.63, 3.8) is 0 Å². The zero-order valence-electron chi connectivity index (χ0n) is 13.8. The van der Waals surface area contributed by atoms with Gasteiger partial charge in [-0.3, -0.25) is 9.20 Å². The molecule has 6 nitrogen and oxygen atoms in total. The number of aromatic nitrogens is 4. The summed E-state index contributed by atoms with van der Waals surface area (Å²) < 4.78 is 3.60. The molecule has 0 amide bonds. The van der Waals surface area contributed by atoms with Gasteiger partial charge in [-0.2, -0.15) is 0 Å². The molecule has 0 fully saturated rings. The molecular weight excluding hydrogens is 326 g/mol. The van der Waals surface area contributed by atoms with Crippen LogP contribution in [0.5, 0.6) is 0 Å². The number of hydrogen-bond donors (Lipinski definition) is 0. The normalized spacial score (nSPS) is 11.5. The van der Waals surface area contributed by atoms with Gasteiger partial charge in [0.1, 0.15) is 11.5 Å². The second-order valence-electron chi connectivity index (χ2n) is 5.92. The van der Waals surface area contributed by atoms with E-state index in [4.69, 9.17) is 11.6 Å². The Balaban J connectivity index is 1.63. The third-order valence-electron chi connectivity index (χ3n) is 3.97. The molecule has 3 aromatic rings. The first-order valence-corrected chi connectivity index (χ1v) is 8.25. The second-order valence-corrected chi connectivity index (χ2v) is 6.36. The molecule has 3 heterocycles. The average molecular weight is 346 g/mol. The summed E-state index contributed by atoms with van der Waals surface area (Å²) in [4.78, 5) is 23.1. The van der Waals surface area contributed by atoms with Crippen molar-refractivity contribution in [2.24, 2.45) is 0 Å². The molecule has 7 heteroatoms. The molecule has 126 valence electrons. The zero-order chi connectivity index (χ0) is 17.1. The Morgan fingerprint density at radius 2 is 2.17 bits per heavy atom. The lowest BCUT2D eigenvalue weighted by Crippen LogP contribution is -2.23. The molecule has 3 rings (SSSR count). The second kappa shape index (κ2) is 7.15. The highest BCUT2D eigenvalue weighted by Crippen LogP contribution is 2.09. The molecule has 0 atom stereocenters. The fourth-order valence-corrected chi connectivity index (χ4v) is 2.87. The third kappa shape index (κ3) is 3.83. The van der Waals surface area contributed by atoms with E-state index in [-0.39, 0.29) is 5.56 Å². The summed E-state index contributed by atoms with van der Waals surface area (Å²) in [6, 6.07) is 5.07. The Hall–Kier alpha value is -2.18. The smallest absolute Gasteiger partial charge is 0.258 e. The van der Waals surface area contributed by atoms with Gasteiger partial charge in [0.2, 0.25) is 0 Å². The van der Waals surface area contributed by atoms with Crippen LogP contribution < -0.4 is 5.56 Å². The van der Waals surface area contributed by atoms with Crippen LogP contribution in [0.4, 0.5) is 0 Å². The molecular formula is C17H20ClN5O. The van der Waals surface area contributed by atoms with E-state index in [9.17, 15) is 4.79 Å². The third-order valence-corrected chi connectivity index (χ3v) is 4.19. The SMILES string of the molecule is Cc1nccn1CCCN(C)Cc1cc(=O)n2cc(Cl)ccc2n1. The molecule has 0 bridgehead atoms. The van der Waals surface area contributed by atoms with Crippen LogP contribution >= 0.6 is 11.6 Å². The molecule has 0 unspecified atom stereocenters. The van der Waals surface area contributed by atoms with E-state index < -0.39 is 0 Å². The van der Waals surface area contributed by atoms with Crippen LogP contribution in [0, 0.1) is 6.92 Å². The summed E-state index contributed by atoms with van der Waals surface area (Å²) in [6.45, 7) is 4.49. The predicted octanol–water partition coefficient (Wildman–Crippen LogP) is 2.37. The quantitative estimate of drug-likeness (QED) is 0.688. The summed E-state index contributed by atoms with van der Waals surface area (Å²) in [5, 5.41) is 0.520. The molecule has 0 N–H and O–H groups in total. The highest BCUT2D eigenvalue weighted by molar-refractivity contribution is 6.30. The van der Waals surface area contributed by atoms with Crippen molar-refractivity contribution in [1.29, 1.82) is 0 Å². The lowest BCUT2D eigenvalue weighted by atomic mass is 10.3. The van der Waals surface area contributed by atoms with E-state index in [0.717, 1.165) is 31.0 Å². The molecule has 0 saturated heterocycles. The number of imidazole rings is 1. The van der Waals surface area contributed by atoms with Gasteiger partial charge >= 0.3 is 0 Å². The van der Waals surface area contributed by atoms with Crippen molar-refractivity contribution < 1.29 is 0 Å². The van der Waals surface area contributed by atoms with Gasteiger partial charge < -0.3 is 9.47 Å². The monoisotopic (exact) mass is 345 g/mol. The van der Waals surface area contributed by atoms with Gasteiger partial charge in [-0.15, -0.1) is 0 Å². The first kappa shape index (κ1) is 16.7. The maximum absolute atomic E-state index is 12.2. The van der Waals surface area contributed by atoms with Crippen molar-refractivity contribution in [3.8, 4) is 0 Å². The largest absolute Gasteiger partial charge is 0.335 e. The average Bonchev–Trinajstić information content (AvgIpc) is 2.93. The molecule has 0 spiro atoms. The van der Waals surface area contributed by atoms with Crippen molar-refractivity contribution in [1.82, 2.24) is 23.8 Å². The predicted molar refractivity (Wildman–Crippen MR) is 94.4 cm³/mol. The zero-order valence-corrected chi connectivity index (χ0v) is 14.6. The molecule has 0 aromatic carbocycles. The van der Waals surface area contributed by atoms with Crippen LogP contribution in [0.25, 0.3) is 5.65 Å². The Morgan fingerprint density at radius 3 is 2.92 bits per heavy atom. The van der Waals surface area contributed by atoms with Crippen molar-refractivity contribution in [3.05, 3.63) is 63.7 Å². The van der Waals surface area contributed by atoms with E-state index in [1.165, 1.54) is 4.40 Å². The minimum Gasteiger partial charge on any atom is -0.335 e. The number of aryl methyl sites for hydroxylation is 2. The van der Waals surface area contributed by atoms with Gasteiger partial charge in [0.25, 0.3) is 5.56 Å². The molecule has 3 aromatic heterocycles. The van der Waals surface area contributed by atoms with Crippen LogP contribution in [-0.2, 0) is 13.1 Å². The van der Waals surface area contributed by atoms with E-state index in [1.54, 1.807) is 24.4 Å². The lowest BCUT2D eigenvalue weighted by Gasteiger charge is -2.16. The number of pyridine rings is 1. The number of hydrogen-bond acceptors (Lipinski definition) is 4. The number of fused-ring (bicyclic) bond motifs is 1. The summed E-state index contributed by atoms with van der Waals surface area (Å²) in [7, 11) is 2.03. The fraction of sp³-hybridized carbons (Fsp3) is 0.353. The van der Waals surface area contributed by atoms with Crippen LogP contribution in [0.2, 0.25) is 5.02 Å². The highest BCUT2D eigenvalue weighted by atomic mass is 35.5. The Morgan fingerprint density at radius 1 is 1.33 bits per heavy atom. The van der Waals surface area contributed by atoms with Crippen LogP contribution in [0.15, 0.2) is 41.6 Å². The lowest BCUT2D eigenvalue weighted by molar-refractivity contribution is 0.310. The van der Waals surface area contributed by atoms with Crippen LogP contribution in [0.1, 0.15) is 17.9 Å². The number of rotatable bonds is 6. The number of halogens is 1. The minimum absolute atomic E-state index is 0.111. The van der Waals surface area contributed by atoms with Gasteiger partial charge in [-0.1, -0.05) is 11.6 Å². The number of nitrogens with zero attached hydrogens (tertiary/aromatic N) is 5. The minimum atomic E-state index is -0.111. The van der Waals surface area contributed by atoms with Gasteiger partial charge in [0.15, 0.2) is 0 Å². The Bertz CT molecular complexity index is 901. The molecule has 0 saturated carbocycles. The summed E-state index contributed by atoms with van der Waals surface area (Å²) in [5.74, 6) is 1.03. The van der Waals surface area contributed by atoms with Crippen molar-refractivity contribution >= 4 is 17.2 Å². The Labute approximate surface area is 145 Å². The molecule has 0 aliphatic carbocycles. The summed E-state index contributed by atoms with van der Waals surface area (Å²) in [6.07, 6.45) is 6.41. The van der Waals surface area contributed by atoms with Gasteiger partial charge in [0.05, 0.1) is 10.7 Å². The standard InChI is InChI=1S/C17H20ClN5O/c1-13-19-6-9-22(13)8-3-7-21(2)12-15-10-17(24)23-11-14(18)4-5-16(23)20-15/h4-6,9-11H,3,7-8,12H2,1-2H3. The molecule has 0 radical (unpaired) electrons. The van der Waals surface area contributed by atoms with E-state index >= 15 is 0 Å². The molecule has 24 heavy (non-hydrogen) atoms. The summed E-state index contributed by atoms with van der Waals surface area (Å²) >= 11 is 5.92. The first-order valence-electron chi connectivity index (χ1n) is 7.87. The van der Waals surface area contributed by atoms with Gasteiger partial charge in [-0.05, 0) is 39.1 Å². The van der Waals surface area contributed by atoms with Crippen LogP contribution in [0.3, 0.4) is 0 Å². The first-order chi connectivity index (χ1) is 11.5. The van der Waals surface area contributed by atoms with E-state index in [0.29, 0.717) is 17.2 Å². The molecule has 0 aliphatic rings. The summed E-state index contributed by atoms with van der Waals surface area (Å²) in [5.41, 5.74) is 1.27. The fourth-order valence-electron chi connectivity index (χ4n) is 2.71. The van der Waals surface area contributed by atoms with Crippen molar-refractivity contribution in [2.75, 3.05) is 13.6 Å². The molecule has 0 aliphatic heterocycles. The van der Waals surface area contributed by atoms with Gasteiger partial charge in [0, 0.05) is 37.7 Å². The Kier molecular flexibility index (Phi) is 4.97. The maximum atomic E-state index is 12.2.